The fraction of sp³-hybridized carbons (Fsp3) is 0.667. The Bertz CT molecular complexity index is 443. The molecule has 1 amide bonds. The largest absolute Gasteiger partial charge is 0.383 e. The first kappa shape index (κ1) is 13.5. The van der Waals surface area contributed by atoms with Crippen LogP contribution in [0.4, 0.5) is 0 Å². The summed E-state index contributed by atoms with van der Waals surface area (Å²) in [6, 6.07) is 0.0236. The Morgan fingerprint density at radius 3 is 2.89 bits per heavy atom. The molecule has 0 spiro atoms. The van der Waals surface area contributed by atoms with Crippen LogP contribution < -0.4 is 0 Å². The van der Waals surface area contributed by atoms with Crippen molar-refractivity contribution in [2.75, 3.05) is 20.8 Å². The predicted molar refractivity (Wildman–Crippen MR) is 71.7 cm³/mol. The van der Waals surface area contributed by atoms with E-state index >= 15 is 0 Å². The van der Waals surface area contributed by atoms with Crippen LogP contribution in [0.5, 0.6) is 0 Å². The number of carbonyl (C=O) groups is 1. The molecule has 1 aromatic rings. The van der Waals surface area contributed by atoms with Crippen LogP contribution in [0.2, 0.25) is 0 Å². The van der Waals surface area contributed by atoms with Gasteiger partial charge in [0, 0.05) is 20.1 Å². The first-order valence-electron chi connectivity index (χ1n) is 6.06. The number of carbonyl (C=O) groups excluding carboxylic acids is 1. The number of nitrogens with one attached hydrogen (secondary N) is 1. The smallest absolute Gasteiger partial charge is 0.275 e. The topological polar surface area (TPSA) is 58.2 Å². The second kappa shape index (κ2) is 5.40. The van der Waals surface area contributed by atoms with Gasteiger partial charge < -0.3 is 9.64 Å². The van der Waals surface area contributed by atoms with Crippen molar-refractivity contribution in [1.82, 2.24) is 15.1 Å². The third-order valence-corrected chi connectivity index (χ3v) is 4.11. The third kappa shape index (κ3) is 2.59. The third-order valence-electron chi connectivity index (χ3n) is 3.31. The maximum Gasteiger partial charge on any atom is 0.275 e. The minimum atomic E-state index is -0.0884. The van der Waals surface area contributed by atoms with Crippen LogP contribution in [-0.4, -0.2) is 47.8 Å². The number of amides is 1. The van der Waals surface area contributed by atoms with Crippen LogP contribution in [0.15, 0.2) is 4.47 Å². The quantitative estimate of drug-likeness (QED) is 0.905. The number of aromatic amines is 1. The molecule has 1 fully saturated rings. The highest BCUT2D eigenvalue weighted by molar-refractivity contribution is 9.10. The summed E-state index contributed by atoms with van der Waals surface area (Å²) in [6.45, 7) is 2.46. The maximum absolute atomic E-state index is 12.3. The van der Waals surface area contributed by atoms with Crippen LogP contribution in [0.3, 0.4) is 0 Å². The number of likely N-dealkylation sites (N-methyl/N-ethyl adjacent to an activating group) is 1. The lowest BCUT2D eigenvalue weighted by molar-refractivity contribution is 0.0627. The molecule has 100 valence electrons. The number of aromatic nitrogens is 2. The van der Waals surface area contributed by atoms with Gasteiger partial charge in [0.15, 0.2) is 5.69 Å². The lowest BCUT2D eigenvalue weighted by atomic mass is 10.2. The zero-order valence-corrected chi connectivity index (χ0v) is 12.5. The average Bonchev–Trinajstić information content (AvgIpc) is 3.11. The summed E-state index contributed by atoms with van der Waals surface area (Å²) < 4.78 is 5.87. The van der Waals surface area contributed by atoms with Crippen molar-refractivity contribution in [3.63, 3.8) is 0 Å². The van der Waals surface area contributed by atoms with Gasteiger partial charge in [-0.15, -0.1) is 0 Å². The molecule has 6 heteroatoms. The number of H-pyrrole nitrogens is 1. The highest BCUT2D eigenvalue weighted by Gasteiger charge is 2.31. The molecule has 18 heavy (non-hydrogen) atoms. The Labute approximate surface area is 115 Å². The molecule has 0 unspecified atom stereocenters. The van der Waals surface area contributed by atoms with E-state index in [2.05, 4.69) is 26.1 Å². The fourth-order valence-corrected chi connectivity index (χ4v) is 2.52. The molecular formula is C12H18BrN3O2. The van der Waals surface area contributed by atoms with E-state index in [1.807, 2.05) is 6.92 Å². The second-order valence-electron chi connectivity index (χ2n) is 4.79. The van der Waals surface area contributed by atoms with Gasteiger partial charge in [-0.25, -0.2) is 0 Å². The summed E-state index contributed by atoms with van der Waals surface area (Å²) in [7, 11) is 3.40. The maximum atomic E-state index is 12.3. The SMILES string of the molecule is COC[C@H](C)N(C)C(=O)c1n[nH]c(C2CC2)c1Br. The van der Waals surface area contributed by atoms with Crippen LogP contribution in [0.25, 0.3) is 0 Å². The summed E-state index contributed by atoms with van der Waals surface area (Å²) in [5.74, 6) is 0.449. The number of ether oxygens (including phenoxy) is 1. The summed E-state index contributed by atoms with van der Waals surface area (Å²) in [4.78, 5) is 13.9. The lowest BCUT2D eigenvalue weighted by Gasteiger charge is -2.23. The van der Waals surface area contributed by atoms with Gasteiger partial charge in [0.1, 0.15) is 0 Å². The molecule has 1 saturated carbocycles. The molecule has 1 aliphatic carbocycles. The van der Waals surface area contributed by atoms with Crippen molar-refractivity contribution in [3.8, 4) is 0 Å². The first-order valence-corrected chi connectivity index (χ1v) is 6.85. The average molecular weight is 316 g/mol. The van der Waals surface area contributed by atoms with Gasteiger partial charge in [-0.1, -0.05) is 0 Å². The fourth-order valence-electron chi connectivity index (χ4n) is 1.85. The van der Waals surface area contributed by atoms with E-state index in [4.69, 9.17) is 4.74 Å². The summed E-state index contributed by atoms with van der Waals surface area (Å²) in [5.41, 5.74) is 1.51. The van der Waals surface area contributed by atoms with E-state index < -0.39 is 0 Å². The van der Waals surface area contributed by atoms with E-state index in [1.54, 1.807) is 19.1 Å². The zero-order valence-electron chi connectivity index (χ0n) is 10.9. The summed E-state index contributed by atoms with van der Waals surface area (Å²) in [5, 5.41) is 7.10. The number of hydrogen-bond acceptors (Lipinski definition) is 3. The molecule has 1 N–H and O–H groups in total. The molecule has 1 heterocycles. The minimum absolute atomic E-state index is 0.0236. The van der Waals surface area contributed by atoms with E-state index in [-0.39, 0.29) is 11.9 Å². The molecule has 2 rings (SSSR count). The van der Waals surface area contributed by atoms with Crippen molar-refractivity contribution in [2.24, 2.45) is 0 Å². The molecule has 0 aliphatic heterocycles. The van der Waals surface area contributed by atoms with E-state index in [0.29, 0.717) is 18.2 Å². The number of halogens is 1. The molecule has 5 nitrogen and oxygen atoms in total. The van der Waals surface area contributed by atoms with Gasteiger partial charge in [-0.05, 0) is 35.7 Å². The Morgan fingerprint density at radius 2 is 2.33 bits per heavy atom. The minimum Gasteiger partial charge on any atom is -0.383 e. The Balaban J connectivity index is 2.13. The van der Waals surface area contributed by atoms with Crippen molar-refractivity contribution in [1.29, 1.82) is 0 Å². The monoisotopic (exact) mass is 315 g/mol. The Kier molecular flexibility index (Phi) is 4.07. The Hall–Kier alpha value is -0.880. The zero-order chi connectivity index (χ0) is 13.3. The molecule has 0 bridgehead atoms. The van der Waals surface area contributed by atoms with Gasteiger partial charge in [0.05, 0.1) is 22.8 Å². The number of rotatable bonds is 5. The molecule has 1 atom stereocenters. The normalized spacial score (nSPS) is 16.7. The van der Waals surface area contributed by atoms with Crippen LogP contribution in [0, 0.1) is 0 Å². The molecule has 0 saturated heterocycles. The van der Waals surface area contributed by atoms with Crippen LogP contribution >= 0.6 is 15.9 Å². The highest BCUT2D eigenvalue weighted by Crippen LogP contribution is 2.43. The molecule has 0 aromatic carbocycles. The summed E-state index contributed by atoms with van der Waals surface area (Å²) in [6.07, 6.45) is 2.34. The van der Waals surface area contributed by atoms with Gasteiger partial charge in [-0.2, -0.15) is 5.10 Å². The number of methoxy groups -OCH3 is 1. The van der Waals surface area contributed by atoms with Gasteiger partial charge in [-0.3, -0.25) is 9.89 Å². The van der Waals surface area contributed by atoms with Crippen molar-refractivity contribution in [2.45, 2.75) is 31.7 Å². The molecule has 1 aliphatic rings. The second-order valence-corrected chi connectivity index (χ2v) is 5.59. The van der Waals surface area contributed by atoms with Crippen molar-refractivity contribution < 1.29 is 9.53 Å². The van der Waals surface area contributed by atoms with Crippen LogP contribution in [0.1, 0.15) is 41.9 Å². The number of nitrogens with zero attached hydrogens (tertiary/aromatic N) is 2. The molecule has 1 aromatic heterocycles. The number of hydrogen-bond donors (Lipinski definition) is 1. The van der Waals surface area contributed by atoms with Crippen molar-refractivity contribution in [3.05, 3.63) is 15.9 Å². The standard InChI is InChI=1S/C12H18BrN3O2/c1-7(6-18-3)16(2)12(17)11-9(13)10(14-15-11)8-4-5-8/h7-8H,4-6H2,1-3H3,(H,14,15)/t7-/m0/s1. The van der Waals surface area contributed by atoms with Crippen molar-refractivity contribution >= 4 is 21.8 Å². The van der Waals surface area contributed by atoms with Crippen LogP contribution in [-0.2, 0) is 4.74 Å². The molecular weight excluding hydrogens is 298 g/mol. The highest BCUT2D eigenvalue weighted by atomic mass is 79.9. The predicted octanol–water partition coefficient (Wildman–Crippen LogP) is 2.16. The van der Waals surface area contributed by atoms with Gasteiger partial charge in [0.25, 0.3) is 5.91 Å². The van der Waals surface area contributed by atoms with Gasteiger partial charge in [0.2, 0.25) is 0 Å². The molecule has 0 radical (unpaired) electrons. The van der Waals surface area contributed by atoms with E-state index in [1.165, 1.54) is 12.8 Å². The Morgan fingerprint density at radius 1 is 1.67 bits per heavy atom. The first-order chi connectivity index (χ1) is 8.56. The van der Waals surface area contributed by atoms with E-state index in [9.17, 15) is 4.79 Å². The summed E-state index contributed by atoms with van der Waals surface area (Å²) >= 11 is 3.48. The van der Waals surface area contributed by atoms with Gasteiger partial charge >= 0.3 is 0 Å². The van der Waals surface area contributed by atoms with E-state index in [0.717, 1.165) is 10.2 Å². The lowest BCUT2D eigenvalue weighted by Crippen LogP contribution is -2.38.